The van der Waals surface area contributed by atoms with Crippen LogP contribution in [0.25, 0.3) is 0 Å². The van der Waals surface area contributed by atoms with Gasteiger partial charge in [-0.15, -0.1) is 0 Å². The van der Waals surface area contributed by atoms with Crippen molar-refractivity contribution in [3.8, 4) is 0 Å². The zero-order valence-electron chi connectivity index (χ0n) is 67.3. The summed E-state index contributed by atoms with van der Waals surface area (Å²) in [5.74, 6) is 1.95. The maximum Gasteiger partial charge on any atom is 0.533 e. The van der Waals surface area contributed by atoms with Gasteiger partial charge < -0.3 is 24.4 Å². The number of rotatable bonds is 76. The van der Waals surface area contributed by atoms with E-state index < -0.39 is 29.4 Å². The molecule has 1 spiro atoms. The van der Waals surface area contributed by atoms with Crippen LogP contribution in [-0.2, 0) is 18.6 Å². The molecule has 2 atom stereocenters. The Balaban J connectivity index is 0.00000154. The minimum Gasteiger partial charge on any atom is -0.512 e. The van der Waals surface area contributed by atoms with E-state index in [9.17, 15) is 0 Å². The summed E-state index contributed by atoms with van der Waals surface area (Å²) in [4.78, 5) is 0. The van der Waals surface area contributed by atoms with E-state index in [0.717, 1.165) is 69.4 Å². The molecule has 0 bridgehead atoms. The van der Waals surface area contributed by atoms with E-state index in [1.165, 1.54) is 424 Å². The van der Waals surface area contributed by atoms with Crippen LogP contribution in [0.3, 0.4) is 0 Å². The van der Waals surface area contributed by atoms with Gasteiger partial charge in [-0.2, -0.15) is 25.3 Å². The Morgan fingerprint density at radius 1 is 0.188 bits per heavy atom. The monoisotopic (exact) mass is 1390 g/mol. The average molecular weight is 1390 g/mol. The fourth-order valence-corrected chi connectivity index (χ4v) is 17.6. The molecule has 2 aliphatic rings. The van der Waals surface area contributed by atoms with Crippen LogP contribution in [0.15, 0.2) is 0 Å². The lowest BCUT2D eigenvalue weighted by Crippen LogP contribution is -2.52. The van der Waals surface area contributed by atoms with Crippen LogP contribution in [0.4, 0.5) is 0 Å². The van der Waals surface area contributed by atoms with E-state index in [1.54, 1.807) is 0 Å². The van der Waals surface area contributed by atoms with Crippen LogP contribution in [0.5, 0.6) is 0 Å². The molecule has 96 heavy (non-hydrogen) atoms. The predicted molar refractivity (Wildman–Crippen MR) is 438 cm³/mol. The molecule has 0 aromatic rings. The third kappa shape index (κ3) is 45.7. The van der Waals surface area contributed by atoms with Crippen LogP contribution in [-0.4, -0.2) is 47.4 Å². The zero-order valence-corrected chi connectivity index (χ0v) is 69.0. The van der Waals surface area contributed by atoms with Crippen molar-refractivity contribution < 1.29 is 24.4 Å². The topological polar surface area (TPSA) is 64.6 Å². The predicted octanol–water partition coefficient (Wildman–Crippen LogP) is 30.6. The highest BCUT2D eigenvalue weighted by Crippen LogP contribution is 2.62. The molecule has 0 aromatic carbocycles. The van der Waals surface area contributed by atoms with Gasteiger partial charge in [0.05, 0.1) is 28.9 Å². The van der Waals surface area contributed by atoms with Gasteiger partial charge in [-0.3, -0.25) is 0 Å². The molecule has 2 rings (SSSR count). The summed E-state index contributed by atoms with van der Waals surface area (Å²) >= 11 is 9.32. The average Bonchev–Trinajstić information content (AvgIpc) is 1.53. The maximum absolute atomic E-state index is 8.25. The quantitative estimate of drug-likeness (QED) is 0.0323. The van der Waals surface area contributed by atoms with Crippen molar-refractivity contribution in [1.29, 1.82) is 0 Å². The number of quaternary nitrogens is 1. The SMILES string of the molecule is CCCCCCCCC1(CCCCCCS)O[B-]2(OC(CCCCCCS)(CCCCCCCC)C(CCCCCCCC)(CCCCCCCC)O2)OC1(CCCCCCCC)CCCCCCCC.CCCCCCCCCCCCCCCCCCCCCCCC[NH3+]. The van der Waals surface area contributed by atoms with Crippen molar-refractivity contribution in [2.45, 2.75) is 546 Å². The smallest absolute Gasteiger partial charge is 0.512 e. The molecule has 2 heterocycles. The molecule has 2 fully saturated rings. The fourth-order valence-electron chi connectivity index (χ4n) is 17.2. The second kappa shape index (κ2) is 68.7. The lowest BCUT2D eigenvalue weighted by molar-refractivity contribution is -0.368. The Hall–Kier alpha value is 0.565. The van der Waals surface area contributed by atoms with E-state index >= 15 is 0 Å². The fraction of sp³-hybridized carbons (Fsp3) is 1.00. The van der Waals surface area contributed by atoms with Gasteiger partial charge in [-0.05, 0) is 88.6 Å². The van der Waals surface area contributed by atoms with Crippen molar-refractivity contribution in [2.24, 2.45) is 0 Å². The van der Waals surface area contributed by atoms with E-state index in [-0.39, 0.29) is 0 Å². The van der Waals surface area contributed by atoms with Gasteiger partial charge in [0.2, 0.25) is 0 Å². The van der Waals surface area contributed by atoms with Crippen molar-refractivity contribution in [3.05, 3.63) is 0 Å². The van der Waals surface area contributed by atoms with Gasteiger partial charge in [-0.1, -0.05) is 447 Å². The zero-order chi connectivity index (χ0) is 69.8. The molecule has 0 radical (unpaired) electrons. The summed E-state index contributed by atoms with van der Waals surface area (Å²) in [5.41, 5.74) is 2.31. The summed E-state index contributed by atoms with van der Waals surface area (Å²) in [6, 6.07) is 0. The maximum atomic E-state index is 8.25. The molecular weight excluding hydrogens is 1210 g/mol. The van der Waals surface area contributed by atoms with Gasteiger partial charge in [0.1, 0.15) is 0 Å². The van der Waals surface area contributed by atoms with Crippen molar-refractivity contribution in [2.75, 3.05) is 18.1 Å². The van der Waals surface area contributed by atoms with E-state index in [2.05, 4.69) is 79.5 Å². The molecule has 576 valence electrons. The van der Waals surface area contributed by atoms with Crippen LogP contribution >= 0.6 is 25.3 Å². The van der Waals surface area contributed by atoms with Crippen LogP contribution < -0.4 is 5.73 Å². The normalized spacial score (nSPS) is 18.9. The van der Waals surface area contributed by atoms with E-state index in [0.29, 0.717) is 0 Å². The summed E-state index contributed by atoms with van der Waals surface area (Å²) in [5, 5.41) is 0. The van der Waals surface area contributed by atoms with Crippen molar-refractivity contribution >= 4 is 32.2 Å². The first-order valence-corrected chi connectivity index (χ1v) is 46.4. The Bertz CT molecular complexity index is 1410. The number of hydrogen-bond acceptors (Lipinski definition) is 6. The second-order valence-electron chi connectivity index (χ2n) is 32.2. The second-order valence-corrected chi connectivity index (χ2v) is 33.1. The Labute approximate surface area is 616 Å². The molecular formula is C88H180BNO4S2. The summed E-state index contributed by atoms with van der Waals surface area (Å²) < 4.78 is 33.0. The van der Waals surface area contributed by atoms with E-state index in [4.69, 9.17) is 18.6 Å². The number of hydrogen-bond donors (Lipinski definition) is 3. The molecule has 2 aliphatic heterocycles. The molecule has 8 heteroatoms. The molecule has 3 N–H and O–H groups in total. The first-order chi connectivity index (χ1) is 47.2. The van der Waals surface area contributed by atoms with Gasteiger partial charge in [-0.25, -0.2) is 0 Å². The molecule has 0 aromatic heterocycles. The highest BCUT2D eigenvalue weighted by atomic mass is 32.1. The van der Waals surface area contributed by atoms with Gasteiger partial charge in [0.15, 0.2) is 0 Å². The summed E-state index contributed by atoms with van der Waals surface area (Å²) in [7, 11) is 0. The lowest BCUT2D eigenvalue weighted by Gasteiger charge is -2.48. The lowest BCUT2D eigenvalue weighted by atomic mass is 9.70. The van der Waals surface area contributed by atoms with E-state index in [1.807, 2.05) is 0 Å². The Kier molecular flexibility index (Phi) is 67.6. The summed E-state index contributed by atoms with van der Waals surface area (Å²) in [6.07, 6.45) is 97.3. The van der Waals surface area contributed by atoms with Crippen molar-refractivity contribution in [1.82, 2.24) is 0 Å². The van der Waals surface area contributed by atoms with Gasteiger partial charge in [0, 0.05) is 0 Å². The largest absolute Gasteiger partial charge is 0.533 e. The number of thiol groups is 2. The third-order valence-electron chi connectivity index (χ3n) is 23.3. The molecule has 0 amide bonds. The van der Waals surface area contributed by atoms with Gasteiger partial charge >= 0.3 is 6.96 Å². The molecule has 5 nitrogen and oxygen atoms in total. The Morgan fingerprint density at radius 2 is 0.312 bits per heavy atom. The molecule has 2 unspecified atom stereocenters. The first-order valence-electron chi connectivity index (χ1n) is 45.2. The molecule has 2 saturated heterocycles. The van der Waals surface area contributed by atoms with Crippen LogP contribution in [0.1, 0.15) is 524 Å². The highest BCUT2D eigenvalue weighted by molar-refractivity contribution is 7.80. The molecule has 0 saturated carbocycles. The summed E-state index contributed by atoms with van der Waals surface area (Å²) in [6.45, 7) is 15.1. The third-order valence-corrected chi connectivity index (χ3v) is 24.0. The first kappa shape index (κ1) is 94.6. The minimum atomic E-state index is -2.45. The van der Waals surface area contributed by atoms with Gasteiger partial charge in [0.25, 0.3) is 0 Å². The molecule has 0 aliphatic carbocycles. The Morgan fingerprint density at radius 3 is 0.448 bits per heavy atom. The number of unbranched alkanes of at least 4 members (excludes halogenated alkanes) is 57. The highest BCUT2D eigenvalue weighted by Gasteiger charge is 2.70. The van der Waals surface area contributed by atoms with Crippen LogP contribution in [0.2, 0.25) is 0 Å². The van der Waals surface area contributed by atoms with Crippen LogP contribution in [0, 0.1) is 0 Å². The van der Waals surface area contributed by atoms with Crippen molar-refractivity contribution in [3.63, 3.8) is 0 Å². The minimum absolute atomic E-state index is 0.398. The standard InChI is InChI=1S/C64H128BO4S2.C24H51N/c1-7-13-19-25-31-41-51-61(52-42-32-26-20-14-8-2)63(57-47-37-39-49-59-70,55-45-35-29-23-17-11-5)68-65(66-61)67-62(53-43-33-27-21-15-9-3,54-44-34-28-22-16-10-4)64(69-65,58-48-38-40-50-60-71)56-46-36-30-24-18-12-6;1-2-3-4-5-6-7-8-9-10-11-12-13-14-15-16-17-18-19-20-21-22-23-24-25/h70-71H,7-60H2,1-6H3;2-25H2,1H3/q-1;/p+1.